The Bertz CT molecular complexity index is 825. The summed E-state index contributed by atoms with van der Waals surface area (Å²) in [7, 11) is 0. The van der Waals surface area contributed by atoms with Gasteiger partial charge in [-0.3, -0.25) is 0 Å². The van der Waals surface area contributed by atoms with Crippen LogP contribution in [0.2, 0.25) is 5.02 Å². The Morgan fingerprint density at radius 1 is 1.18 bits per heavy atom. The van der Waals surface area contributed by atoms with E-state index in [0.29, 0.717) is 10.7 Å². The van der Waals surface area contributed by atoms with E-state index >= 15 is 0 Å². The van der Waals surface area contributed by atoms with E-state index in [2.05, 4.69) is 34.6 Å². The molecular weight excluding hydrogens is 337 g/mol. The maximum absolute atomic E-state index is 6.02. The van der Waals surface area contributed by atoms with Crippen molar-refractivity contribution in [3.05, 3.63) is 58.7 Å². The number of nitrogens with zero attached hydrogens (tertiary/aromatic N) is 1. The summed E-state index contributed by atoms with van der Waals surface area (Å²) in [5, 5.41) is 4.78. The highest BCUT2D eigenvalue weighted by atomic mass is 35.5. The molecular formula is C16H13Cl2N3S. The molecule has 0 saturated heterocycles. The first-order chi connectivity index (χ1) is 10.2. The molecule has 0 saturated carbocycles. The lowest BCUT2D eigenvalue weighted by Gasteiger charge is -2.05. The first kappa shape index (κ1) is 15.2. The maximum atomic E-state index is 6.02. The monoisotopic (exact) mass is 349 g/mol. The second-order valence-electron chi connectivity index (χ2n) is 5.03. The van der Waals surface area contributed by atoms with Gasteiger partial charge in [-0.25, -0.2) is 4.98 Å². The molecule has 2 aromatic carbocycles. The number of halogens is 2. The smallest absolute Gasteiger partial charge is 0.187 e. The van der Waals surface area contributed by atoms with Crippen LogP contribution in [0.25, 0.3) is 10.4 Å². The fraction of sp³-hybridized carbons (Fsp3) is 0.0625. The number of nitrogens with one attached hydrogen (secondary N) is 1. The number of benzene rings is 2. The van der Waals surface area contributed by atoms with Crippen molar-refractivity contribution in [2.45, 2.75) is 6.42 Å². The van der Waals surface area contributed by atoms with Crippen LogP contribution in [0.5, 0.6) is 0 Å². The van der Waals surface area contributed by atoms with Crippen LogP contribution >= 0.6 is 35.3 Å². The fourth-order valence-corrected chi connectivity index (χ4v) is 3.93. The molecule has 3 nitrogen and oxygen atoms in total. The molecule has 0 fully saturated rings. The topological polar surface area (TPSA) is 50.9 Å². The van der Waals surface area contributed by atoms with E-state index in [4.69, 9.17) is 17.3 Å². The van der Waals surface area contributed by atoms with Crippen LogP contribution in [0.4, 0.5) is 16.5 Å². The molecule has 0 aliphatic heterocycles. The number of rotatable bonds is 2. The zero-order chi connectivity index (χ0) is 14.4. The van der Waals surface area contributed by atoms with E-state index in [1.165, 1.54) is 16.0 Å². The highest BCUT2D eigenvalue weighted by Gasteiger charge is 2.22. The highest BCUT2D eigenvalue weighted by Crippen LogP contribution is 2.42. The van der Waals surface area contributed by atoms with Crippen molar-refractivity contribution < 1.29 is 0 Å². The average Bonchev–Trinajstić information content (AvgIpc) is 2.94. The van der Waals surface area contributed by atoms with E-state index in [-0.39, 0.29) is 12.4 Å². The molecule has 22 heavy (non-hydrogen) atoms. The molecule has 112 valence electrons. The Labute approximate surface area is 143 Å². The Morgan fingerprint density at radius 3 is 2.82 bits per heavy atom. The standard InChI is InChI=1S/C16H12ClN3S.ClH/c17-10-6-11(18)8-12(7-10)19-16-20-14-5-9-3-1-2-4-13(9)15(14)21-16;/h1-4,6-8H,5,18H2,(H,19,20);1H. The number of anilines is 3. The predicted octanol–water partition coefficient (Wildman–Crippen LogP) is 5.12. The van der Waals surface area contributed by atoms with Gasteiger partial charge in [-0.2, -0.15) is 0 Å². The molecule has 1 heterocycles. The van der Waals surface area contributed by atoms with Crippen LogP contribution in [0.15, 0.2) is 42.5 Å². The second-order valence-corrected chi connectivity index (χ2v) is 6.46. The predicted molar refractivity (Wildman–Crippen MR) is 96.8 cm³/mol. The summed E-state index contributed by atoms with van der Waals surface area (Å²) in [6.07, 6.45) is 0.904. The van der Waals surface area contributed by atoms with Gasteiger partial charge in [0.25, 0.3) is 0 Å². The first-order valence-electron chi connectivity index (χ1n) is 6.60. The summed E-state index contributed by atoms with van der Waals surface area (Å²) < 4.78 is 0. The van der Waals surface area contributed by atoms with Gasteiger partial charge in [0.05, 0.1) is 10.6 Å². The zero-order valence-corrected chi connectivity index (χ0v) is 13.9. The highest BCUT2D eigenvalue weighted by molar-refractivity contribution is 7.19. The molecule has 0 unspecified atom stereocenters. The van der Waals surface area contributed by atoms with Crippen molar-refractivity contribution in [2.24, 2.45) is 0 Å². The van der Waals surface area contributed by atoms with Crippen molar-refractivity contribution in [3.8, 4) is 10.4 Å². The van der Waals surface area contributed by atoms with Crippen LogP contribution in [-0.2, 0) is 6.42 Å². The minimum absolute atomic E-state index is 0. The van der Waals surface area contributed by atoms with Gasteiger partial charge >= 0.3 is 0 Å². The molecule has 0 spiro atoms. The molecule has 3 N–H and O–H groups in total. The fourth-order valence-electron chi connectivity index (χ4n) is 2.62. The lowest BCUT2D eigenvalue weighted by molar-refractivity contribution is 1.15. The number of fused-ring (bicyclic) bond motifs is 3. The minimum atomic E-state index is 0. The third kappa shape index (κ3) is 2.65. The van der Waals surface area contributed by atoms with Gasteiger partial charge in [0.2, 0.25) is 0 Å². The Kier molecular flexibility index (Phi) is 4.00. The van der Waals surface area contributed by atoms with Gasteiger partial charge in [-0.05, 0) is 29.3 Å². The summed E-state index contributed by atoms with van der Waals surface area (Å²) in [4.78, 5) is 5.94. The van der Waals surface area contributed by atoms with E-state index in [1.54, 1.807) is 17.4 Å². The van der Waals surface area contributed by atoms with Gasteiger partial charge in [0, 0.05) is 22.8 Å². The molecule has 1 aliphatic rings. The normalized spacial score (nSPS) is 11.5. The molecule has 0 atom stereocenters. The number of hydrogen-bond donors (Lipinski definition) is 2. The second kappa shape index (κ2) is 5.80. The summed E-state index contributed by atoms with van der Waals surface area (Å²) in [6, 6.07) is 13.9. The number of nitrogens with two attached hydrogens (primary N) is 1. The van der Waals surface area contributed by atoms with Crippen molar-refractivity contribution in [1.82, 2.24) is 4.98 Å². The lowest BCUT2D eigenvalue weighted by atomic mass is 10.1. The van der Waals surface area contributed by atoms with E-state index in [1.807, 2.05) is 12.1 Å². The number of nitrogen functional groups attached to an aromatic ring is 1. The summed E-state index contributed by atoms with van der Waals surface area (Å²) >= 11 is 7.69. The molecule has 0 radical (unpaired) electrons. The molecule has 1 aromatic heterocycles. The molecule has 4 rings (SSSR count). The van der Waals surface area contributed by atoms with E-state index < -0.39 is 0 Å². The summed E-state index contributed by atoms with van der Waals surface area (Å²) in [5.74, 6) is 0. The summed E-state index contributed by atoms with van der Waals surface area (Å²) in [6.45, 7) is 0. The maximum Gasteiger partial charge on any atom is 0.187 e. The van der Waals surface area contributed by atoms with Crippen molar-refractivity contribution >= 4 is 51.9 Å². The van der Waals surface area contributed by atoms with E-state index in [0.717, 1.165) is 22.9 Å². The first-order valence-corrected chi connectivity index (χ1v) is 7.79. The minimum Gasteiger partial charge on any atom is -0.399 e. The third-order valence-electron chi connectivity index (χ3n) is 3.49. The Hall–Kier alpha value is -1.75. The lowest BCUT2D eigenvalue weighted by Crippen LogP contribution is -1.93. The molecule has 3 aromatic rings. The van der Waals surface area contributed by atoms with Crippen molar-refractivity contribution in [3.63, 3.8) is 0 Å². The largest absolute Gasteiger partial charge is 0.399 e. The molecule has 6 heteroatoms. The van der Waals surface area contributed by atoms with E-state index in [9.17, 15) is 0 Å². The van der Waals surface area contributed by atoms with Gasteiger partial charge in [-0.1, -0.05) is 47.2 Å². The van der Waals surface area contributed by atoms with Crippen molar-refractivity contribution in [2.75, 3.05) is 11.1 Å². The quantitative estimate of drug-likeness (QED) is 0.494. The van der Waals surface area contributed by atoms with Gasteiger partial charge in [0.1, 0.15) is 0 Å². The van der Waals surface area contributed by atoms with Crippen molar-refractivity contribution in [1.29, 1.82) is 0 Å². The number of hydrogen-bond acceptors (Lipinski definition) is 4. The zero-order valence-electron chi connectivity index (χ0n) is 11.5. The number of thiazole rings is 1. The van der Waals surface area contributed by atoms with Gasteiger partial charge in [-0.15, -0.1) is 12.4 Å². The molecule has 0 amide bonds. The third-order valence-corrected chi connectivity index (χ3v) is 4.75. The Morgan fingerprint density at radius 2 is 2.00 bits per heavy atom. The average molecular weight is 350 g/mol. The van der Waals surface area contributed by atoms with Gasteiger partial charge in [0.15, 0.2) is 5.13 Å². The number of aromatic nitrogens is 1. The van der Waals surface area contributed by atoms with Crippen LogP contribution in [0.3, 0.4) is 0 Å². The SMILES string of the molecule is Cl.Nc1cc(Cl)cc(Nc2nc3c(s2)-c2ccccc2C3)c1. The van der Waals surface area contributed by atoms with Crippen LogP contribution < -0.4 is 11.1 Å². The van der Waals surface area contributed by atoms with Gasteiger partial charge < -0.3 is 11.1 Å². The Balaban J connectivity index is 0.00000144. The summed E-state index contributed by atoms with van der Waals surface area (Å²) in [5.41, 5.74) is 11.1. The van der Waals surface area contributed by atoms with Crippen LogP contribution in [0, 0.1) is 0 Å². The molecule has 1 aliphatic carbocycles. The van der Waals surface area contributed by atoms with Crippen LogP contribution in [-0.4, -0.2) is 4.98 Å². The van der Waals surface area contributed by atoms with Crippen LogP contribution in [0.1, 0.15) is 11.3 Å². The molecule has 0 bridgehead atoms.